The van der Waals surface area contributed by atoms with Gasteiger partial charge in [-0.2, -0.15) is 5.10 Å². The monoisotopic (exact) mass is 386 g/mol. The maximum atomic E-state index is 12.8. The molecule has 0 aliphatic rings. The van der Waals surface area contributed by atoms with Crippen LogP contribution in [0.2, 0.25) is 0 Å². The van der Waals surface area contributed by atoms with Gasteiger partial charge in [-0.05, 0) is 39.0 Å². The third-order valence-electron chi connectivity index (χ3n) is 4.16. The number of nitro benzene ring substituents is 1. The van der Waals surface area contributed by atoms with Gasteiger partial charge in [0.1, 0.15) is 0 Å². The van der Waals surface area contributed by atoms with E-state index in [4.69, 9.17) is 0 Å². The van der Waals surface area contributed by atoms with Gasteiger partial charge in [0, 0.05) is 6.07 Å². The summed E-state index contributed by atoms with van der Waals surface area (Å²) >= 11 is 0. The molecule has 2 aromatic carbocycles. The van der Waals surface area contributed by atoms with Crippen molar-refractivity contribution in [3.8, 4) is 5.69 Å². The third-order valence-corrected chi connectivity index (χ3v) is 5.55. The molecule has 0 radical (unpaired) electrons. The van der Waals surface area contributed by atoms with Crippen molar-refractivity contribution < 1.29 is 13.3 Å². The summed E-state index contributed by atoms with van der Waals surface area (Å²) in [6.07, 6.45) is 0. The molecule has 0 amide bonds. The lowest BCUT2D eigenvalue weighted by Crippen LogP contribution is -2.15. The first-order valence-electron chi connectivity index (χ1n) is 8.10. The van der Waals surface area contributed by atoms with Gasteiger partial charge in [0.15, 0.2) is 4.90 Å². The molecule has 0 unspecified atom stereocenters. The molecule has 0 aliphatic heterocycles. The fourth-order valence-corrected chi connectivity index (χ4v) is 4.10. The van der Waals surface area contributed by atoms with Crippen LogP contribution < -0.4 is 4.72 Å². The van der Waals surface area contributed by atoms with E-state index in [1.165, 1.54) is 18.2 Å². The second-order valence-corrected chi connectivity index (χ2v) is 7.77. The Morgan fingerprint density at radius 3 is 2.30 bits per heavy atom. The summed E-state index contributed by atoms with van der Waals surface area (Å²) in [5, 5.41) is 15.6. The van der Waals surface area contributed by atoms with Gasteiger partial charge >= 0.3 is 0 Å². The quantitative estimate of drug-likeness (QED) is 0.533. The summed E-state index contributed by atoms with van der Waals surface area (Å²) < 4.78 is 29.6. The average molecular weight is 386 g/mol. The fraction of sp³-hybridized carbons (Fsp3) is 0.167. The highest BCUT2D eigenvalue weighted by atomic mass is 32.2. The predicted molar refractivity (Wildman–Crippen MR) is 102 cm³/mol. The third kappa shape index (κ3) is 3.54. The van der Waals surface area contributed by atoms with E-state index in [9.17, 15) is 18.5 Å². The van der Waals surface area contributed by atoms with Crippen LogP contribution in [-0.4, -0.2) is 23.1 Å². The average Bonchev–Trinajstić information content (AvgIpc) is 2.90. The van der Waals surface area contributed by atoms with E-state index in [1.807, 2.05) is 31.2 Å². The maximum absolute atomic E-state index is 12.8. The van der Waals surface area contributed by atoms with Crippen molar-refractivity contribution in [2.75, 3.05) is 4.72 Å². The zero-order valence-corrected chi connectivity index (χ0v) is 15.8. The van der Waals surface area contributed by atoms with Crippen molar-refractivity contribution in [3.05, 3.63) is 75.6 Å². The Morgan fingerprint density at radius 2 is 1.67 bits per heavy atom. The fourth-order valence-electron chi connectivity index (χ4n) is 2.75. The van der Waals surface area contributed by atoms with E-state index in [2.05, 4.69) is 9.82 Å². The smallest absolute Gasteiger partial charge is 0.276 e. The van der Waals surface area contributed by atoms with Crippen LogP contribution >= 0.6 is 0 Å². The van der Waals surface area contributed by atoms with Crippen LogP contribution in [-0.2, 0) is 10.0 Å². The highest BCUT2D eigenvalue weighted by Crippen LogP contribution is 2.29. The summed E-state index contributed by atoms with van der Waals surface area (Å²) in [5.41, 5.74) is 2.75. The number of benzene rings is 2. The normalized spacial score (nSPS) is 11.4. The lowest BCUT2D eigenvalue weighted by Gasteiger charge is -2.09. The first kappa shape index (κ1) is 18.6. The van der Waals surface area contributed by atoms with Crippen molar-refractivity contribution in [3.63, 3.8) is 0 Å². The molecule has 0 atom stereocenters. The van der Waals surface area contributed by atoms with Gasteiger partial charge in [0.2, 0.25) is 0 Å². The number of aryl methyl sites for hydroxylation is 2. The second kappa shape index (κ2) is 6.84. The van der Waals surface area contributed by atoms with Gasteiger partial charge in [-0.15, -0.1) is 0 Å². The number of para-hydroxylation sites is 1. The number of aromatic nitrogens is 2. The van der Waals surface area contributed by atoms with Crippen molar-refractivity contribution in [2.45, 2.75) is 25.7 Å². The number of rotatable bonds is 5. The largest absolute Gasteiger partial charge is 0.289 e. The van der Waals surface area contributed by atoms with Gasteiger partial charge in [0.25, 0.3) is 15.7 Å². The first-order valence-corrected chi connectivity index (χ1v) is 9.58. The molecule has 0 saturated carbocycles. The summed E-state index contributed by atoms with van der Waals surface area (Å²) in [6, 6.07) is 12.9. The van der Waals surface area contributed by atoms with E-state index < -0.39 is 25.5 Å². The van der Waals surface area contributed by atoms with Crippen LogP contribution in [0.15, 0.2) is 53.4 Å². The number of nitro groups is 1. The van der Waals surface area contributed by atoms with Gasteiger partial charge in [0.05, 0.1) is 27.7 Å². The molecule has 0 saturated heterocycles. The lowest BCUT2D eigenvalue weighted by molar-refractivity contribution is -0.387. The van der Waals surface area contributed by atoms with Crippen LogP contribution in [0.4, 0.5) is 11.4 Å². The van der Waals surface area contributed by atoms with Gasteiger partial charge in [-0.25, -0.2) is 13.1 Å². The standard InChI is InChI=1S/C18H18N4O4S/c1-12-8-10-15(11-9-12)21-14(3)18(13(2)19-21)20-27(25,26)17-7-5-4-6-16(17)22(23)24/h4-11,20H,1-3H3. The summed E-state index contributed by atoms with van der Waals surface area (Å²) in [6.45, 7) is 5.38. The molecule has 3 rings (SSSR count). The number of hydrogen-bond donors (Lipinski definition) is 1. The Balaban J connectivity index is 2.04. The van der Waals surface area contributed by atoms with Crippen LogP contribution in [0.5, 0.6) is 0 Å². The summed E-state index contributed by atoms with van der Waals surface area (Å²) in [4.78, 5) is 10.1. The molecule has 3 aromatic rings. The maximum Gasteiger partial charge on any atom is 0.289 e. The second-order valence-electron chi connectivity index (χ2n) is 6.12. The molecule has 1 heterocycles. The number of anilines is 1. The minimum Gasteiger partial charge on any atom is -0.276 e. The molecule has 1 aromatic heterocycles. The Hall–Kier alpha value is -3.20. The molecule has 9 heteroatoms. The zero-order chi connectivity index (χ0) is 19.8. The lowest BCUT2D eigenvalue weighted by atomic mass is 10.2. The molecule has 27 heavy (non-hydrogen) atoms. The summed E-state index contributed by atoms with van der Waals surface area (Å²) in [5.74, 6) is 0. The van der Waals surface area contributed by atoms with Gasteiger partial charge in [-0.3, -0.25) is 14.8 Å². The molecule has 0 bridgehead atoms. The van der Waals surface area contributed by atoms with Gasteiger partial charge < -0.3 is 0 Å². The van der Waals surface area contributed by atoms with Crippen LogP contribution in [0, 0.1) is 30.9 Å². The Morgan fingerprint density at radius 1 is 1.04 bits per heavy atom. The van der Waals surface area contributed by atoms with Crippen molar-refractivity contribution in [1.29, 1.82) is 0 Å². The Labute approximate surface area is 156 Å². The highest BCUT2D eigenvalue weighted by Gasteiger charge is 2.27. The zero-order valence-electron chi connectivity index (χ0n) is 15.0. The first-order chi connectivity index (χ1) is 12.7. The molecular formula is C18H18N4O4S. The van der Waals surface area contributed by atoms with E-state index in [0.29, 0.717) is 17.1 Å². The molecule has 0 spiro atoms. The highest BCUT2D eigenvalue weighted by molar-refractivity contribution is 7.92. The molecule has 8 nitrogen and oxygen atoms in total. The van der Waals surface area contributed by atoms with E-state index in [0.717, 1.165) is 17.3 Å². The Kier molecular flexibility index (Phi) is 4.71. The van der Waals surface area contributed by atoms with E-state index in [-0.39, 0.29) is 0 Å². The van der Waals surface area contributed by atoms with Crippen molar-refractivity contribution >= 4 is 21.4 Å². The van der Waals surface area contributed by atoms with Crippen LogP contribution in [0.1, 0.15) is 17.0 Å². The topological polar surface area (TPSA) is 107 Å². The van der Waals surface area contributed by atoms with Crippen LogP contribution in [0.25, 0.3) is 5.69 Å². The SMILES string of the molecule is Cc1ccc(-n2nc(C)c(NS(=O)(=O)c3ccccc3[N+](=O)[O-])c2C)cc1. The summed E-state index contributed by atoms with van der Waals surface area (Å²) in [7, 11) is -4.15. The van der Waals surface area contributed by atoms with Gasteiger partial charge in [-0.1, -0.05) is 29.8 Å². The number of sulfonamides is 1. The number of nitrogens with zero attached hydrogens (tertiary/aromatic N) is 3. The number of nitrogens with one attached hydrogen (secondary N) is 1. The Bertz CT molecular complexity index is 1120. The minimum absolute atomic E-state index is 0.300. The molecule has 140 valence electrons. The molecule has 1 N–H and O–H groups in total. The minimum atomic E-state index is -4.15. The molecule has 0 fully saturated rings. The molecule has 0 aliphatic carbocycles. The van der Waals surface area contributed by atoms with Crippen molar-refractivity contribution in [1.82, 2.24) is 9.78 Å². The molecular weight excluding hydrogens is 368 g/mol. The predicted octanol–water partition coefficient (Wildman–Crippen LogP) is 3.51. The van der Waals surface area contributed by atoms with Crippen molar-refractivity contribution in [2.24, 2.45) is 0 Å². The van der Waals surface area contributed by atoms with Crippen LogP contribution in [0.3, 0.4) is 0 Å². The number of hydrogen-bond acceptors (Lipinski definition) is 5. The van der Waals surface area contributed by atoms with E-state index in [1.54, 1.807) is 18.5 Å². The van der Waals surface area contributed by atoms with E-state index >= 15 is 0 Å².